The zero-order valence-electron chi connectivity index (χ0n) is 11.1. The summed E-state index contributed by atoms with van der Waals surface area (Å²) in [5.41, 5.74) is -0.346. The summed E-state index contributed by atoms with van der Waals surface area (Å²) in [5.74, 6) is -1.87. The fourth-order valence-corrected chi connectivity index (χ4v) is 2.27. The average Bonchev–Trinajstić information content (AvgIpc) is 2.40. The van der Waals surface area contributed by atoms with Gasteiger partial charge < -0.3 is 10.1 Å². The minimum Gasteiger partial charge on any atom is -0.465 e. The van der Waals surface area contributed by atoms with E-state index >= 15 is 0 Å². The molecule has 0 radical (unpaired) electrons. The summed E-state index contributed by atoms with van der Waals surface area (Å²) >= 11 is 1.69. The van der Waals surface area contributed by atoms with E-state index < -0.39 is 23.2 Å². The molecule has 0 aliphatic rings. The third-order valence-corrected chi connectivity index (χ3v) is 3.48. The Morgan fingerprint density at radius 1 is 1.42 bits per heavy atom. The standard InChI is InChI=1S/C13H17F2NO2S/c1-8(7-19-3)6-16-10-5-4-9(13(17)18-2)11(14)12(10)15/h4-5,8,16H,6-7H2,1-3H3. The molecule has 1 unspecified atom stereocenters. The summed E-state index contributed by atoms with van der Waals surface area (Å²) in [5, 5.41) is 2.84. The Bertz CT molecular complexity index is 455. The highest BCUT2D eigenvalue weighted by Crippen LogP contribution is 2.21. The van der Waals surface area contributed by atoms with Crippen molar-refractivity contribution in [2.75, 3.05) is 31.0 Å². The number of rotatable bonds is 6. The molecule has 0 saturated carbocycles. The molecule has 0 fully saturated rings. The zero-order valence-corrected chi connectivity index (χ0v) is 11.9. The molecule has 0 heterocycles. The topological polar surface area (TPSA) is 38.3 Å². The molecule has 1 N–H and O–H groups in total. The fraction of sp³-hybridized carbons (Fsp3) is 0.462. The molecule has 1 aromatic rings. The first-order valence-corrected chi connectivity index (χ1v) is 7.19. The summed E-state index contributed by atoms with van der Waals surface area (Å²) in [6, 6.07) is 2.56. The quantitative estimate of drug-likeness (QED) is 0.816. The van der Waals surface area contributed by atoms with Crippen molar-refractivity contribution < 1.29 is 18.3 Å². The number of halogens is 2. The predicted molar refractivity (Wildman–Crippen MR) is 73.7 cm³/mol. The summed E-state index contributed by atoms with van der Waals surface area (Å²) in [6.07, 6.45) is 1.99. The molecular weight excluding hydrogens is 272 g/mol. The van der Waals surface area contributed by atoms with Crippen molar-refractivity contribution in [1.29, 1.82) is 0 Å². The van der Waals surface area contributed by atoms with Crippen LogP contribution in [0.3, 0.4) is 0 Å². The van der Waals surface area contributed by atoms with E-state index in [2.05, 4.69) is 10.1 Å². The molecule has 0 saturated heterocycles. The number of ether oxygens (including phenoxy) is 1. The third kappa shape index (κ3) is 4.09. The van der Waals surface area contributed by atoms with Crippen molar-refractivity contribution in [3.8, 4) is 0 Å². The van der Waals surface area contributed by atoms with Crippen molar-refractivity contribution >= 4 is 23.4 Å². The Hall–Kier alpha value is -1.30. The van der Waals surface area contributed by atoms with Crippen LogP contribution in [0.15, 0.2) is 12.1 Å². The third-order valence-electron chi connectivity index (χ3n) is 2.58. The number of nitrogens with one attached hydrogen (secondary N) is 1. The van der Waals surface area contributed by atoms with E-state index in [4.69, 9.17) is 0 Å². The van der Waals surface area contributed by atoms with Crippen LogP contribution in [0.2, 0.25) is 0 Å². The predicted octanol–water partition coefficient (Wildman–Crippen LogP) is 3.16. The lowest BCUT2D eigenvalue weighted by molar-refractivity contribution is 0.0594. The Labute approximate surface area is 115 Å². The monoisotopic (exact) mass is 289 g/mol. The second-order valence-electron chi connectivity index (χ2n) is 4.22. The van der Waals surface area contributed by atoms with E-state index in [1.807, 2.05) is 13.2 Å². The van der Waals surface area contributed by atoms with Crippen LogP contribution in [-0.4, -0.2) is 31.6 Å². The molecule has 0 aromatic heterocycles. The summed E-state index contributed by atoms with van der Waals surface area (Å²) in [6.45, 7) is 2.55. The molecule has 1 aromatic carbocycles. The van der Waals surface area contributed by atoms with Crippen molar-refractivity contribution in [1.82, 2.24) is 0 Å². The van der Waals surface area contributed by atoms with E-state index in [0.717, 1.165) is 12.9 Å². The first-order chi connectivity index (χ1) is 9.01. The van der Waals surface area contributed by atoms with Gasteiger partial charge >= 0.3 is 5.97 Å². The van der Waals surface area contributed by atoms with E-state index in [0.29, 0.717) is 12.5 Å². The van der Waals surface area contributed by atoms with E-state index in [1.165, 1.54) is 12.1 Å². The number of benzene rings is 1. The van der Waals surface area contributed by atoms with Gasteiger partial charge in [0.05, 0.1) is 18.4 Å². The molecule has 6 heteroatoms. The normalized spacial score (nSPS) is 12.1. The number of anilines is 1. The van der Waals surface area contributed by atoms with Gasteiger partial charge in [-0.3, -0.25) is 0 Å². The highest BCUT2D eigenvalue weighted by Gasteiger charge is 2.19. The van der Waals surface area contributed by atoms with Gasteiger partial charge in [0.1, 0.15) is 0 Å². The molecule has 0 spiro atoms. The number of hydrogen-bond donors (Lipinski definition) is 1. The van der Waals surface area contributed by atoms with Gasteiger partial charge in [0.2, 0.25) is 0 Å². The number of esters is 1. The largest absolute Gasteiger partial charge is 0.465 e. The number of thioether (sulfide) groups is 1. The molecule has 0 bridgehead atoms. The molecule has 1 rings (SSSR count). The summed E-state index contributed by atoms with van der Waals surface area (Å²) < 4.78 is 31.8. The Kier molecular flexibility index (Phi) is 6.08. The number of carbonyl (C=O) groups excluding carboxylic acids is 1. The zero-order chi connectivity index (χ0) is 14.4. The summed E-state index contributed by atoms with van der Waals surface area (Å²) in [7, 11) is 1.12. The second-order valence-corrected chi connectivity index (χ2v) is 5.13. The first-order valence-electron chi connectivity index (χ1n) is 5.80. The van der Waals surface area contributed by atoms with Crippen LogP contribution in [0, 0.1) is 17.6 Å². The summed E-state index contributed by atoms with van der Waals surface area (Å²) in [4.78, 5) is 11.2. The molecule has 1 atom stereocenters. The van der Waals surface area contributed by atoms with Crippen LogP contribution in [-0.2, 0) is 4.74 Å². The van der Waals surface area contributed by atoms with E-state index in [1.54, 1.807) is 11.8 Å². The van der Waals surface area contributed by atoms with Gasteiger partial charge in [-0.25, -0.2) is 13.6 Å². The molecule has 19 heavy (non-hydrogen) atoms. The second kappa shape index (κ2) is 7.33. The van der Waals surface area contributed by atoms with Gasteiger partial charge in [0.25, 0.3) is 0 Å². The van der Waals surface area contributed by atoms with Crippen LogP contribution in [0.25, 0.3) is 0 Å². The number of carbonyl (C=O) groups is 1. The maximum absolute atomic E-state index is 13.7. The number of hydrogen-bond acceptors (Lipinski definition) is 4. The molecular formula is C13H17F2NO2S. The Morgan fingerprint density at radius 2 is 2.11 bits per heavy atom. The molecule has 0 aliphatic carbocycles. The van der Waals surface area contributed by atoms with Crippen molar-refractivity contribution in [3.05, 3.63) is 29.3 Å². The van der Waals surface area contributed by atoms with Gasteiger partial charge in [-0.15, -0.1) is 0 Å². The minimum absolute atomic E-state index is 0.0538. The highest BCUT2D eigenvalue weighted by atomic mass is 32.2. The van der Waals surface area contributed by atoms with Crippen LogP contribution in [0.4, 0.5) is 14.5 Å². The Morgan fingerprint density at radius 3 is 2.68 bits per heavy atom. The first kappa shape index (κ1) is 15.8. The van der Waals surface area contributed by atoms with Crippen molar-refractivity contribution in [3.63, 3.8) is 0 Å². The van der Waals surface area contributed by atoms with Crippen LogP contribution in [0.5, 0.6) is 0 Å². The average molecular weight is 289 g/mol. The lowest BCUT2D eigenvalue weighted by atomic mass is 10.1. The van der Waals surface area contributed by atoms with Gasteiger partial charge in [-0.1, -0.05) is 6.92 Å². The van der Waals surface area contributed by atoms with Gasteiger partial charge in [-0.2, -0.15) is 11.8 Å². The van der Waals surface area contributed by atoms with Crippen molar-refractivity contribution in [2.24, 2.45) is 5.92 Å². The van der Waals surface area contributed by atoms with Crippen molar-refractivity contribution in [2.45, 2.75) is 6.92 Å². The fourth-order valence-electron chi connectivity index (χ4n) is 1.58. The lowest BCUT2D eigenvalue weighted by Gasteiger charge is -2.13. The number of methoxy groups -OCH3 is 1. The molecule has 0 aliphatic heterocycles. The smallest absolute Gasteiger partial charge is 0.340 e. The Balaban J connectivity index is 2.82. The molecule has 0 amide bonds. The SMILES string of the molecule is COC(=O)c1ccc(NCC(C)CSC)c(F)c1F. The van der Waals surface area contributed by atoms with Crippen LogP contribution >= 0.6 is 11.8 Å². The maximum Gasteiger partial charge on any atom is 0.340 e. The maximum atomic E-state index is 13.7. The molecule has 3 nitrogen and oxygen atoms in total. The van der Waals surface area contributed by atoms with E-state index in [9.17, 15) is 13.6 Å². The van der Waals surface area contributed by atoms with Gasteiger partial charge in [0.15, 0.2) is 11.6 Å². The van der Waals surface area contributed by atoms with Gasteiger partial charge in [0, 0.05) is 6.54 Å². The van der Waals surface area contributed by atoms with Crippen LogP contribution < -0.4 is 5.32 Å². The van der Waals surface area contributed by atoms with Crippen LogP contribution in [0.1, 0.15) is 17.3 Å². The highest BCUT2D eigenvalue weighted by molar-refractivity contribution is 7.98. The van der Waals surface area contributed by atoms with Gasteiger partial charge in [-0.05, 0) is 30.1 Å². The van der Waals surface area contributed by atoms with E-state index in [-0.39, 0.29) is 5.69 Å². The minimum atomic E-state index is -1.19. The lowest BCUT2D eigenvalue weighted by Crippen LogP contribution is -2.15. The molecule has 106 valence electrons.